The molecule has 2 rings (SSSR count). The third kappa shape index (κ3) is 3.49. The Morgan fingerprint density at radius 2 is 1.48 bits per heavy atom. The van der Waals surface area contributed by atoms with Gasteiger partial charge in [0.25, 0.3) is 0 Å². The molecule has 0 saturated carbocycles. The van der Waals surface area contributed by atoms with Crippen molar-refractivity contribution in [3.63, 3.8) is 0 Å². The van der Waals surface area contributed by atoms with Gasteiger partial charge in [-0.2, -0.15) is 26.3 Å². The fourth-order valence-electron chi connectivity index (χ4n) is 1.58. The summed E-state index contributed by atoms with van der Waals surface area (Å²) >= 11 is 5.45. The standard InChI is InChI=1S/C12H6ClF6NO/c13-4-9-5-21-10(20-9)6-1-7(11(14,15)16)3-8(2-6)12(17,18)19/h1-3,5H,4H2. The Morgan fingerprint density at radius 3 is 1.86 bits per heavy atom. The second kappa shape index (κ2) is 5.25. The highest BCUT2D eigenvalue weighted by molar-refractivity contribution is 6.16. The largest absolute Gasteiger partial charge is 0.444 e. The summed E-state index contributed by atoms with van der Waals surface area (Å²) in [5.74, 6) is -0.434. The number of rotatable bonds is 2. The highest BCUT2D eigenvalue weighted by atomic mass is 35.5. The van der Waals surface area contributed by atoms with Gasteiger partial charge in [0.15, 0.2) is 0 Å². The molecular weight excluding hydrogens is 324 g/mol. The smallest absolute Gasteiger partial charge is 0.416 e. The topological polar surface area (TPSA) is 26.0 Å². The summed E-state index contributed by atoms with van der Waals surface area (Å²) in [4.78, 5) is 3.71. The van der Waals surface area contributed by atoms with E-state index in [1.54, 1.807) is 0 Å². The van der Waals surface area contributed by atoms with Crippen LogP contribution in [-0.2, 0) is 18.2 Å². The average molecular weight is 330 g/mol. The van der Waals surface area contributed by atoms with Gasteiger partial charge in [0, 0.05) is 5.56 Å². The molecule has 21 heavy (non-hydrogen) atoms. The molecule has 114 valence electrons. The lowest BCUT2D eigenvalue weighted by molar-refractivity contribution is -0.143. The molecule has 1 heterocycles. The highest BCUT2D eigenvalue weighted by Crippen LogP contribution is 2.38. The molecule has 0 atom stereocenters. The summed E-state index contributed by atoms with van der Waals surface area (Å²) < 4.78 is 80.9. The molecule has 0 N–H and O–H groups in total. The molecule has 0 fully saturated rings. The zero-order valence-corrected chi connectivity index (χ0v) is 10.8. The van der Waals surface area contributed by atoms with Crippen LogP contribution in [0, 0.1) is 0 Å². The molecule has 2 nitrogen and oxygen atoms in total. The van der Waals surface area contributed by atoms with E-state index < -0.39 is 29.0 Å². The Bertz CT molecular complexity index is 614. The van der Waals surface area contributed by atoms with E-state index in [-0.39, 0.29) is 23.5 Å². The quantitative estimate of drug-likeness (QED) is 0.564. The van der Waals surface area contributed by atoms with Gasteiger partial charge < -0.3 is 4.42 Å². The summed E-state index contributed by atoms with van der Waals surface area (Å²) in [7, 11) is 0. The minimum absolute atomic E-state index is 0.0366. The summed E-state index contributed by atoms with van der Waals surface area (Å²) in [6.45, 7) is 0. The molecule has 0 unspecified atom stereocenters. The Morgan fingerprint density at radius 1 is 0.952 bits per heavy atom. The Labute approximate surface area is 119 Å². The van der Waals surface area contributed by atoms with Gasteiger partial charge in [-0.3, -0.25) is 0 Å². The number of aromatic nitrogens is 1. The third-order valence-corrected chi connectivity index (χ3v) is 2.80. The van der Waals surface area contributed by atoms with Crippen molar-refractivity contribution >= 4 is 11.6 Å². The second-order valence-electron chi connectivity index (χ2n) is 4.07. The molecule has 0 aliphatic carbocycles. The molecule has 0 aliphatic heterocycles. The third-order valence-electron chi connectivity index (χ3n) is 2.52. The van der Waals surface area contributed by atoms with Crippen molar-refractivity contribution in [2.75, 3.05) is 0 Å². The maximum Gasteiger partial charge on any atom is 0.416 e. The minimum Gasteiger partial charge on any atom is -0.444 e. The SMILES string of the molecule is FC(F)(F)c1cc(-c2nc(CCl)co2)cc(C(F)(F)F)c1. The van der Waals surface area contributed by atoms with E-state index in [9.17, 15) is 26.3 Å². The zero-order valence-electron chi connectivity index (χ0n) is 10.0. The predicted octanol–water partition coefficient (Wildman–Crippen LogP) is 5.12. The number of alkyl halides is 7. The van der Waals surface area contributed by atoms with Gasteiger partial charge in [-0.25, -0.2) is 4.98 Å². The van der Waals surface area contributed by atoms with E-state index in [0.29, 0.717) is 12.1 Å². The van der Waals surface area contributed by atoms with Crippen LogP contribution in [0.1, 0.15) is 16.8 Å². The van der Waals surface area contributed by atoms with Crippen LogP contribution < -0.4 is 0 Å². The lowest BCUT2D eigenvalue weighted by Crippen LogP contribution is -2.11. The second-order valence-corrected chi connectivity index (χ2v) is 4.34. The van der Waals surface area contributed by atoms with Crippen molar-refractivity contribution in [2.45, 2.75) is 18.2 Å². The van der Waals surface area contributed by atoms with Crippen LogP contribution in [0.25, 0.3) is 11.5 Å². The van der Waals surface area contributed by atoms with E-state index in [4.69, 9.17) is 16.0 Å². The minimum atomic E-state index is -4.92. The molecule has 0 amide bonds. The van der Waals surface area contributed by atoms with Crippen LogP contribution in [0.15, 0.2) is 28.9 Å². The number of benzene rings is 1. The number of hydrogen-bond acceptors (Lipinski definition) is 2. The van der Waals surface area contributed by atoms with Crippen molar-refractivity contribution in [3.05, 3.63) is 41.3 Å². The number of oxazole rings is 1. The van der Waals surface area contributed by atoms with Crippen LogP contribution >= 0.6 is 11.6 Å². The molecule has 0 spiro atoms. The number of nitrogens with zero attached hydrogens (tertiary/aromatic N) is 1. The van der Waals surface area contributed by atoms with Crippen molar-refractivity contribution in [2.24, 2.45) is 0 Å². The maximum absolute atomic E-state index is 12.7. The lowest BCUT2D eigenvalue weighted by atomic mass is 10.0. The van der Waals surface area contributed by atoms with Crippen LogP contribution in [-0.4, -0.2) is 4.98 Å². The Balaban J connectivity index is 2.60. The molecule has 9 heteroatoms. The van der Waals surface area contributed by atoms with Gasteiger partial charge in [0.05, 0.1) is 22.7 Å². The molecular formula is C12H6ClF6NO. The van der Waals surface area contributed by atoms with Gasteiger partial charge in [-0.15, -0.1) is 11.6 Å². The van der Waals surface area contributed by atoms with E-state index in [1.165, 1.54) is 0 Å². The van der Waals surface area contributed by atoms with Crippen LogP contribution in [0.2, 0.25) is 0 Å². The Kier molecular flexibility index (Phi) is 3.92. The predicted molar refractivity (Wildman–Crippen MR) is 61.5 cm³/mol. The number of hydrogen-bond donors (Lipinski definition) is 0. The van der Waals surface area contributed by atoms with Crippen molar-refractivity contribution in [1.29, 1.82) is 0 Å². The van der Waals surface area contributed by atoms with Gasteiger partial charge in [-0.05, 0) is 18.2 Å². The average Bonchev–Trinajstić information content (AvgIpc) is 2.85. The van der Waals surface area contributed by atoms with Crippen molar-refractivity contribution < 1.29 is 30.8 Å². The van der Waals surface area contributed by atoms with Crippen molar-refractivity contribution in [1.82, 2.24) is 4.98 Å². The van der Waals surface area contributed by atoms with Gasteiger partial charge in [0.1, 0.15) is 6.26 Å². The highest BCUT2D eigenvalue weighted by Gasteiger charge is 2.37. The van der Waals surface area contributed by atoms with Crippen LogP contribution in [0.5, 0.6) is 0 Å². The zero-order chi connectivity index (χ0) is 15.8. The van der Waals surface area contributed by atoms with E-state index in [1.807, 2.05) is 0 Å². The number of halogens is 7. The van der Waals surface area contributed by atoms with Crippen LogP contribution in [0.4, 0.5) is 26.3 Å². The fourth-order valence-corrected chi connectivity index (χ4v) is 1.70. The molecule has 1 aromatic carbocycles. The van der Waals surface area contributed by atoms with Gasteiger partial charge in [-0.1, -0.05) is 0 Å². The van der Waals surface area contributed by atoms with Crippen LogP contribution in [0.3, 0.4) is 0 Å². The molecule has 0 aliphatic rings. The molecule has 1 aromatic heterocycles. The summed E-state index contributed by atoms with van der Waals surface area (Å²) in [6, 6.07) is 1.12. The summed E-state index contributed by atoms with van der Waals surface area (Å²) in [5, 5.41) is 0. The first-order valence-electron chi connectivity index (χ1n) is 5.41. The maximum atomic E-state index is 12.7. The summed E-state index contributed by atoms with van der Waals surface area (Å²) in [6.07, 6.45) is -8.77. The monoisotopic (exact) mass is 329 g/mol. The first-order chi connectivity index (χ1) is 9.61. The molecule has 0 saturated heterocycles. The Hall–Kier alpha value is -1.70. The van der Waals surface area contributed by atoms with E-state index in [2.05, 4.69) is 4.98 Å². The fraction of sp³-hybridized carbons (Fsp3) is 0.250. The normalized spacial score (nSPS) is 12.7. The van der Waals surface area contributed by atoms with E-state index >= 15 is 0 Å². The molecule has 2 aromatic rings. The lowest BCUT2D eigenvalue weighted by Gasteiger charge is -2.12. The first-order valence-corrected chi connectivity index (χ1v) is 5.95. The van der Waals surface area contributed by atoms with Gasteiger partial charge in [0.2, 0.25) is 5.89 Å². The molecule has 0 bridgehead atoms. The van der Waals surface area contributed by atoms with E-state index in [0.717, 1.165) is 6.26 Å². The van der Waals surface area contributed by atoms with Crippen molar-refractivity contribution in [3.8, 4) is 11.5 Å². The van der Waals surface area contributed by atoms with Gasteiger partial charge >= 0.3 is 12.4 Å². The summed E-state index contributed by atoms with van der Waals surface area (Å²) in [5.41, 5.74) is -3.08. The first kappa shape index (κ1) is 15.7. The molecule has 0 radical (unpaired) electrons.